The van der Waals surface area contributed by atoms with Crippen LogP contribution >= 0.6 is 11.6 Å². The number of halogens is 1. The number of aryl methyl sites for hydroxylation is 2. The molecule has 1 aliphatic heterocycles. The summed E-state index contributed by atoms with van der Waals surface area (Å²) < 4.78 is 20.5. The van der Waals surface area contributed by atoms with Crippen molar-refractivity contribution in [1.29, 1.82) is 0 Å². The lowest BCUT2D eigenvalue weighted by molar-refractivity contribution is -0.184. The van der Waals surface area contributed by atoms with Crippen molar-refractivity contribution in [2.75, 3.05) is 13.2 Å². The van der Waals surface area contributed by atoms with E-state index in [-0.39, 0.29) is 6.10 Å². The minimum atomic E-state index is -0.695. The summed E-state index contributed by atoms with van der Waals surface area (Å²) in [6.07, 6.45) is 6.98. The number of ether oxygens (including phenoxy) is 3. The SMILES string of the molecule is Cc1ccc(CCC2(Cn3ccnc3)OCC(COc3ccc(Cl)cc3)O2)cc1. The highest BCUT2D eigenvalue weighted by Gasteiger charge is 2.42. The molecule has 0 aliphatic carbocycles. The van der Waals surface area contributed by atoms with Gasteiger partial charge in [-0.1, -0.05) is 41.4 Å². The monoisotopic (exact) mass is 412 g/mol. The number of imidazole rings is 1. The van der Waals surface area contributed by atoms with E-state index >= 15 is 0 Å². The molecule has 4 rings (SSSR count). The first kappa shape index (κ1) is 20.0. The standard InChI is InChI=1S/C23H25ClN2O3/c1-18-2-4-19(5-3-18)10-11-23(16-26-13-12-25-17-26)28-15-22(29-23)14-27-21-8-6-20(24)7-9-21/h2-9,12-13,17,22H,10-11,14-16H2,1H3. The summed E-state index contributed by atoms with van der Waals surface area (Å²) in [6.45, 7) is 3.61. The molecule has 29 heavy (non-hydrogen) atoms. The molecule has 0 radical (unpaired) electrons. The largest absolute Gasteiger partial charge is 0.491 e. The molecule has 1 aliphatic rings. The van der Waals surface area contributed by atoms with Crippen LogP contribution in [-0.4, -0.2) is 34.7 Å². The van der Waals surface area contributed by atoms with Crippen molar-refractivity contribution in [3.8, 4) is 5.75 Å². The van der Waals surface area contributed by atoms with Crippen molar-refractivity contribution in [3.63, 3.8) is 0 Å². The minimum absolute atomic E-state index is 0.132. The van der Waals surface area contributed by atoms with Gasteiger partial charge >= 0.3 is 0 Å². The fraction of sp³-hybridized carbons (Fsp3) is 0.348. The highest BCUT2D eigenvalue weighted by atomic mass is 35.5. The summed E-state index contributed by atoms with van der Waals surface area (Å²) in [6, 6.07) is 15.9. The quantitative estimate of drug-likeness (QED) is 0.539. The Morgan fingerprint density at radius 2 is 1.97 bits per heavy atom. The Morgan fingerprint density at radius 3 is 2.69 bits per heavy atom. The van der Waals surface area contributed by atoms with Gasteiger partial charge in [-0.15, -0.1) is 0 Å². The van der Waals surface area contributed by atoms with E-state index in [9.17, 15) is 0 Å². The second-order valence-corrected chi connectivity index (χ2v) is 7.88. The lowest BCUT2D eigenvalue weighted by Gasteiger charge is -2.28. The molecule has 3 aromatic rings. The number of hydrogen-bond acceptors (Lipinski definition) is 4. The Kier molecular flexibility index (Phi) is 6.19. The molecule has 6 heteroatoms. The molecule has 0 saturated carbocycles. The number of aromatic nitrogens is 2. The van der Waals surface area contributed by atoms with Gasteiger partial charge in [0.2, 0.25) is 0 Å². The molecule has 0 bridgehead atoms. The summed E-state index contributed by atoms with van der Waals surface area (Å²) >= 11 is 5.93. The molecule has 152 valence electrons. The van der Waals surface area contributed by atoms with E-state index < -0.39 is 5.79 Å². The Labute approximate surface area is 176 Å². The lowest BCUT2D eigenvalue weighted by atomic mass is 10.0. The first-order valence-electron chi connectivity index (χ1n) is 9.82. The van der Waals surface area contributed by atoms with Crippen LogP contribution in [-0.2, 0) is 22.4 Å². The van der Waals surface area contributed by atoms with Gasteiger partial charge in [0.25, 0.3) is 0 Å². The van der Waals surface area contributed by atoms with E-state index in [4.69, 9.17) is 25.8 Å². The van der Waals surface area contributed by atoms with Gasteiger partial charge in [0.05, 0.1) is 19.5 Å². The molecule has 0 spiro atoms. The highest BCUT2D eigenvalue weighted by molar-refractivity contribution is 6.30. The smallest absolute Gasteiger partial charge is 0.187 e. The van der Waals surface area contributed by atoms with Crippen LogP contribution in [0, 0.1) is 6.92 Å². The van der Waals surface area contributed by atoms with Gasteiger partial charge in [-0.25, -0.2) is 4.98 Å². The average Bonchev–Trinajstić information content (AvgIpc) is 3.38. The molecule has 5 nitrogen and oxygen atoms in total. The first-order chi connectivity index (χ1) is 14.1. The van der Waals surface area contributed by atoms with Crippen molar-refractivity contribution in [1.82, 2.24) is 9.55 Å². The maximum atomic E-state index is 6.39. The molecule has 0 N–H and O–H groups in total. The van der Waals surface area contributed by atoms with Gasteiger partial charge in [-0.05, 0) is 43.2 Å². The fourth-order valence-corrected chi connectivity index (χ4v) is 3.59. The van der Waals surface area contributed by atoms with Gasteiger partial charge in [0, 0.05) is 23.8 Å². The number of benzene rings is 2. The van der Waals surface area contributed by atoms with E-state index in [1.165, 1.54) is 11.1 Å². The summed E-state index contributed by atoms with van der Waals surface area (Å²) in [4.78, 5) is 4.14. The Balaban J connectivity index is 1.40. The Hall–Kier alpha value is -2.34. The number of nitrogens with zero attached hydrogens (tertiary/aromatic N) is 2. The first-order valence-corrected chi connectivity index (χ1v) is 10.2. The second kappa shape index (κ2) is 8.99. The molecule has 2 heterocycles. The fourth-order valence-electron chi connectivity index (χ4n) is 3.46. The predicted octanol–water partition coefficient (Wildman–Crippen LogP) is 4.67. The van der Waals surface area contributed by atoms with Crippen LogP contribution in [0.1, 0.15) is 17.5 Å². The lowest BCUT2D eigenvalue weighted by Crippen LogP contribution is -2.37. The predicted molar refractivity (Wildman–Crippen MR) is 112 cm³/mol. The maximum Gasteiger partial charge on any atom is 0.187 e. The van der Waals surface area contributed by atoms with Crippen LogP contribution in [0.2, 0.25) is 5.02 Å². The van der Waals surface area contributed by atoms with Gasteiger partial charge in [-0.3, -0.25) is 0 Å². The number of rotatable bonds is 8. The summed E-state index contributed by atoms with van der Waals surface area (Å²) in [7, 11) is 0. The third-order valence-electron chi connectivity index (χ3n) is 5.06. The van der Waals surface area contributed by atoms with Crippen LogP contribution in [0.5, 0.6) is 5.75 Å². The van der Waals surface area contributed by atoms with Crippen LogP contribution in [0.15, 0.2) is 67.3 Å². The second-order valence-electron chi connectivity index (χ2n) is 7.45. The van der Waals surface area contributed by atoms with Crippen molar-refractivity contribution in [3.05, 3.63) is 83.4 Å². The average molecular weight is 413 g/mol. The van der Waals surface area contributed by atoms with Crippen LogP contribution in [0.3, 0.4) is 0 Å². The van der Waals surface area contributed by atoms with Crippen LogP contribution in [0.4, 0.5) is 0 Å². The van der Waals surface area contributed by atoms with Gasteiger partial charge in [-0.2, -0.15) is 0 Å². The topological polar surface area (TPSA) is 45.5 Å². The van der Waals surface area contributed by atoms with Gasteiger partial charge in [0.15, 0.2) is 5.79 Å². The normalized spacial score (nSPS) is 21.4. The molecule has 2 unspecified atom stereocenters. The molecule has 1 saturated heterocycles. The summed E-state index contributed by atoms with van der Waals surface area (Å²) in [5, 5.41) is 0.688. The molecule has 2 aromatic carbocycles. The third-order valence-corrected chi connectivity index (χ3v) is 5.31. The van der Waals surface area contributed by atoms with Crippen molar-refractivity contribution in [2.24, 2.45) is 0 Å². The number of hydrogen-bond donors (Lipinski definition) is 0. The minimum Gasteiger partial charge on any atom is -0.491 e. The van der Waals surface area contributed by atoms with E-state index in [2.05, 4.69) is 36.2 Å². The molecule has 2 atom stereocenters. The molecule has 1 aromatic heterocycles. The van der Waals surface area contributed by atoms with E-state index in [1.54, 1.807) is 12.5 Å². The van der Waals surface area contributed by atoms with Gasteiger partial charge < -0.3 is 18.8 Å². The zero-order valence-electron chi connectivity index (χ0n) is 16.5. The molecular formula is C23H25ClN2O3. The van der Waals surface area contributed by atoms with Crippen LogP contribution < -0.4 is 4.74 Å². The van der Waals surface area contributed by atoms with E-state index in [0.29, 0.717) is 24.8 Å². The maximum absolute atomic E-state index is 6.39. The van der Waals surface area contributed by atoms with E-state index in [1.807, 2.05) is 35.0 Å². The van der Waals surface area contributed by atoms with Crippen molar-refractivity contribution >= 4 is 11.6 Å². The highest BCUT2D eigenvalue weighted by Crippen LogP contribution is 2.31. The van der Waals surface area contributed by atoms with Gasteiger partial charge in [0.1, 0.15) is 18.5 Å². The summed E-state index contributed by atoms with van der Waals surface area (Å²) in [5.41, 5.74) is 2.53. The molecule has 0 amide bonds. The van der Waals surface area contributed by atoms with Crippen molar-refractivity contribution < 1.29 is 14.2 Å². The molecule has 1 fully saturated rings. The van der Waals surface area contributed by atoms with Crippen LogP contribution in [0.25, 0.3) is 0 Å². The third kappa shape index (κ3) is 5.38. The molecular weight excluding hydrogens is 388 g/mol. The van der Waals surface area contributed by atoms with Crippen molar-refractivity contribution in [2.45, 2.75) is 38.2 Å². The zero-order chi connectivity index (χ0) is 20.1. The Morgan fingerprint density at radius 1 is 1.17 bits per heavy atom. The summed E-state index contributed by atoms with van der Waals surface area (Å²) in [5.74, 6) is 0.0735. The van der Waals surface area contributed by atoms with E-state index in [0.717, 1.165) is 18.6 Å². The zero-order valence-corrected chi connectivity index (χ0v) is 17.2. The Bertz CT molecular complexity index is 897.